The molecular weight excluding hydrogens is 306 g/mol. The van der Waals surface area contributed by atoms with Crippen molar-refractivity contribution in [3.8, 4) is 0 Å². The summed E-state index contributed by atoms with van der Waals surface area (Å²) in [6.45, 7) is 0.288. The summed E-state index contributed by atoms with van der Waals surface area (Å²) in [7, 11) is 0. The van der Waals surface area contributed by atoms with E-state index in [1.807, 2.05) is 35.7 Å². The van der Waals surface area contributed by atoms with Gasteiger partial charge >= 0.3 is 0 Å². The number of aromatic nitrogens is 1. The fourth-order valence-electron chi connectivity index (χ4n) is 2.18. The number of amides is 1. The predicted molar refractivity (Wildman–Crippen MR) is 88.2 cm³/mol. The lowest BCUT2D eigenvalue weighted by atomic mass is 9.99. The van der Waals surface area contributed by atoms with Gasteiger partial charge < -0.3 is 11.1 Å². The van der Waals surface area contributed by atoms with Crippen LogP contribution in [0.25, 0.3) is 0 Å². The maximum atomic E-state index is 12.3. The molecule has 1 atom stereocenters. The lowest BCUT2D eigenvalue weighted by Gasteiger charge is -2.13. The third-order valence-electron chi connectivity index (χ3n) is 3.50. The molecule has 0 spiro atoms. The number of carbonyl (C=O) groups is 1. The van der Waals surface area contributed by atoms with E-state index in [0.717, 1.165) is 11.3 Å². The first-order valence-electron chi connectivity index (χ1n) is 6.79. The van der Waals surface area contributed by atoms with Crippen LogP contribution in [0.2, 0.25) is 0 Å². The molecule has 1 aliphatic carbocycles. The molecule has 21 heavy (non-hydrogen) atoms. The fraction of sp³-hybridized carbons (Fsp3) is 0.333. The van der Waals surface area contributed by atoms with Crippen molar-refractivity contribution >= 4 is 34.8 Å². The molecule has 1 fully saturated rings. The summed E-state index contributed by atoms with van der Waals surface area (Å²) in [5.74, 6) is 0.191. The van der Waals surface area contributed by atoms with Crippen molar-refractivity contribution < 1.29 is 4.79 Å². The molecule has 1 aliphatic rings. The molecule has 6 heteroatoms. The van der Waals surface area contributed by atoms with Crippen molar-refractivity contribution in [3.63, 3.8) is 0 Å². The van der Waals surface area contributed by atoms with Crippen molar-refractivity contribution in [2.45, 2.75) is 24.7 Å². The largest absolute Gasteiger partial charge is 0.329 e. The minimum Gasteiger partial charge on any atom is -0.329 e. The van der Waals surface area contributed by atoms with Crippen LogP contribution < -0.4 is 11.1 Å². The minimum absolute atomic E-state index is 0. The van der Waals surface area contributed by atoms with Gasteiger partial charge in [0.1, 0.15) is 0 Å². The number of anilines is 1. The number of nitrogens with two attached hydrogens (primary N) is 1. The topological polar surface area (TPSA) is 68.0 Å². The number of benzene rings is 1. The Hall–Kier alpha value is -1.43. The van der Waals surface area contributed by atoms with E-state index in [9.17, 15) is 4.79 Å². The Labute approximate surface area is 134 Å². The second-order valence-electron chi connectivity index (χ2n) is 5.04. The van der Waals surface area contributed by atoms with Gasteiger partial charge in [-0.3, -0.25) is 4.79 Å². The molecular formula is C15H18ClN3OS. The van der Waals surface area contributed by atoms with E-state index in [1.54, 1.807) is 0 Å². The molecule has 112 valence electrons. The number of nitrogens with one attached hydrogen (secondary N) is 1. The quantitative estimate of drug-likeness (QED) is 0.888. The monoisotopic (exact) mass is 323 g/mol. The molecule has 0 aliphatic heterocycles. The van der Waals surface area contributed by atoms with E-state index in [-0.39, 0.29) is 30.8 Å². The Morgan fingerprint density at radius 3 is 2.71 bits per heavy atom. The third kappa shape index (κ3) is 3.81. The highest BCUT2D eigenvalue weighted by atomic mass is 35.5. The number of hydrogen-bond donors (Lipinski definition) is 2. The lowest BCUT2D eigenvalue weighted by Crippen LogP contribution is -2.27. The average molecular weight is 324 g/mol. The summed E-state index contributed by atoms with van der Waals surface area (Å²) in [4.78, 5) is 16.8. The van der Waals surface area contributed by atoms with Crippen molar-refractivity contribution in [2.24, 2.45) is 5.73 Å². The Morgan fingerprint density at radius 2 is 2.10 bits per heavy atom. The zero-order chi connectivity index (χ0) is 13.9. The van der Waals surface area contributed by atoms with E-state index in [1.165, 1.54) is 24.2 Å². The average Bonchev–Trinajstić information content (AvgIpc) is 3.22. The first-order chi connectivity index (χ1) is 9.78. The summed E-state index contributed by atoms with van der Waals surface area (Å²) < 4.78 is 0. The van der Waals surface area contributed by atoms with Crippen LogP contribution >= 0.6 is 23.7 Å². The van der Waals surface area contributed by atoms with Gasteiger partial charge in [0.25, 0.3) is 0 Å². The van der Waals surface area contributed by atoms with Gasteiger partial charge in [-0.05, 0) is 18.4 Å². The standard InChI is InChI=1S/C15H17N3OS.ClH/c16-8-12(10-4-2-1-3-5-10)14(19)18-15-17-13(9-20-15)11-6-7-11;/h1-5,9,11-12H,6-8,16H2,(H,17,18,19);1H. The first-order valence-corrected chi connectivity index (χ1v) is 7.67. The molecule has 0 bridgehead atoms. The molecule has 1 unspecified atom stereocenters. The molecule has 1 saturated carbocycles. The van der Waals surface area contributed by atoms with Gasteiger partial charge in [0.15, 0.2) is 5.13 Å². The molecule has 1 heterocycles. The van der Waals surface area contributed by atoms with Gasteiger partial charge in [0.2, 0.25) is 5.91 Å². The normalized spacial score (nSPS) is 15.1. The van der Waals surface area contributed by atoms with Crippen LogP contribution in [0.5, 0.6) is 0 Å². The highest BCUT2D eigenvalue weighted by molar-refractivity contribution is 7.13. The molecule has 0 saturated heterocycles. The minimum atomic E-state index is -0.329. The maximum absolute atomic E-state index is 12.3. The van der Waals surface area contributed by atoms with E-state index < -0.39 is 0 Å². The molecule has 2 aromatic rings. The molecule has 1 aromatic carbocycles. The number of carbonyl (C=O) groups excluding carboxylic acids is 1. The van der Waals surface area contributed by atoms with E-state index in [0.29, 0.717) is 11.0 Å². The van der Waals surface area contributed by atoms with Crippen molar-refractivity contribution in [3.05, 3.63) is 47.0 Å². The van der Waals surface area contributed by atoms with Crippen molar-refractivity contribution in [2.75, 3.05) is 11.9 Å². The van der Waals surface area contributed by atoms with Crippen LogP contribution in [0.1, 0.15) is 35.9 Å². The zero-order valence-corrected chi connectivity index (χ0v) is 13.1. The number of halogens is 1. The fourth-order valence-corrected chi connectivity index (χ4v) is 2.98. The number of hydrogen-bond acceptors (Lipinski definition) is 4. The molecule has 0 radical (unpaired) electrons. The van der Waals surface area contributed by atoms with Gasteiger partial charge in [-0.2, -0.15) is 0 Å². The highest BCUT2D eigenvalue weighted by Gasteiger charge is 2.27. The number of nitrogens with zero attached hydrogens (tertiary/aromatic N) is 1. The van der Waals surface area contributed by atoms with Crippen LogP contribution in [0.4, 0.5) is 5.13 Å². The molecule has 3 N–H and O–H groups in total. The Bertz CT molecular complexity index is 598. The molecule has 1 aromatic heterocycles. The van der Waals surface area contributed by atoms with Crippen LogP contribution in [0.3, 0.4) is 0 Å². The summed E-state index contributed by atoms with van der Waals surface area (Å²) in [6.07, 6.45) is 2.43. The number of thiazole rings is 1. The van der Waals surface area contributed by atoms with E-state index in [4.69, 9.17) is 5.73 Å². The van der Waals surface area contributed by atoms with E-state index in [2.05, 4.69) is 10.3 Å². The van der Waals surface area contributed by atoms with Crippen LogP contribution in [-0.2, 0) is 4.79 Å². The van der Waals surface area contributed by atoms with Gasteiger partial charge in [0.05, 0.1) is 11.6 Å². The van der Waals surface area contributed by atoms with Gasteiger partial charge in [-0.15, -0.1) is 23.7 Å². The first kappa shape index (κ1) is 15.9. The Kier molecular flexibility index (Phi) is 5.33. The second kappa shape index (κ2) is 7.02. The second-order valence-corrected chi connectivity index (χ2v) is 5.90. The van der Waals surface area contributed by atoms with E-state index >= 15 is 0 Å². The summed E-state index contributed by atoms with van der Waals surface area (Å²) in [5, 5.41) is 5.59. The SMILES string of the molecule is Cl.NCC(C(=O)Nc1nc(C2CC2)cs1)c1ccccc1. The maximum Gasteiger partial charge on any atom is 0.234 e. The zero-order valence-electron chi connectivity index (χ0n) is 11.5. The van der Waals surface area contributed by atoms with Crippen LogP contribution in [-0.4, -0.2) is 17.4 Å². The molecule has 4 nitrogen and oxygen atoms in total. The number of rotatable bonds is 5. The summed E-state index contributed by atoms with van der Waals surface area (Å²) in [5.41, 5.74) is 7.79. The van der Waals surface area contributed by atoms with Gasteiger partial charge in [0, 0.05) is 17.8 Å². The summed E-state index contributed by atoms with van der Waals surface area (Å²) >= 11 is 1.49. The predicted octanol–water partition coefficient (Wildman–Crippen LogP) is 3.12. The Balaban J connectivity index is 0.00000161. The van der Waals surface area contributed by atoms with Gasteiger partial charge in [-0.1, -0.05) is 30.3 Å². The molecule has 1 amide bonds. The van der Waals surface area contributed by atoms with Crippen LogP contribution in [0.15, 0.2) is 35.7 Å². The Morgan fingerprint density at radius 1 is 1.38 bits per heavy atom. The van der Waals surface area contributed by atoms with Crippen LogP contribution in [0, 0.1) is 0 Å². The lowest BCUT2D eigenvalue weighted by molar-refractivity contribution is -0.117. The summed E-state index contributed by atoms with van der Waals surface area (Å²) in [6, 6.07) is 9.61. The van der Waals surface area contributed by atoms with Crippen molar-refractivity contribution in [1.82, 2.24) is 4.98 Å². The van der Waals surface area contributed by atoms with Gasteiger partial charge in [-0.25, -0.2) is 4.98 Å². The molecule has 3 rings (SSSR count). The third-order valence-corrected chi connectivity index (χ3v) is 4.28. The van der Waals surface area contributed by atoms with Crippen molar-refractivity contribution in [1.29, 1.82) is 0 Å². The smallest absolute Gasteiger partial charge is 0.234 e. The highest BCUT2D eigenvalue weighted by Crippen LogP contribution is 2.40.